The van der Waals surface area contributed by atoms with Crippen molar-refractivity contribution in [3.05, 3.63) is 65.7 Å². The van der Waals surface area contributed by atoms with Crippen LogP contribution in [0.25, 0.3) is 0 Å². The quantitative estimate of drug-likeness (QED) is 0.850. The van der Waals surface area contributed by atoms with Gasteiger partial charge in [-0.05, 0) is 24.6 Å². The number of piperidine rings is 1. The van der Waals surface area contributed by atoms with Crippen LogP contribution in [0.4, 0.5) is 5.69 Å². The van der Waals surface area contributed by atoms with Crippen molar-refractivity contribution in [3.63, 3.8) is 0 Å². The van der Waals surface area contributed by atoms with Crippen molar-refractivity contribution in [2.45, 2.75) is 45.6 Å². The Morgan fingerprint density at radius 2 is 1.69 bits per heavy atom. The molecular formula is C23H31N2O+. The molecule has 3 nitrogen and oxygen atoms in total. The third kappa shape index (κ3) is 4.73. The summed E-state index contributed by atoms with van der Waals surface area (Å²) in [4.78, 5) is 16.3. The molecule has 2 aromatic rings. The van der Waals surface area contributed by atoms with E-state index in [0.29, 0.717) is 12.5 Å². The van der Waals surface area contributed by atoms with E-state index in [1.165, 1.54) is 17.7 Å². The summed E-state index contributed by atoms with van der Waals surface area (Å²) in [5.74, 6) is 0.242. The summed E-state index contributed by atoms with van der Waals surface area (Å²) >= 11 is 0. The van der Waals surface area contributed by atoms with Crippen LogP contribution in [0.15, 0.2) is 54.6 Å². The average molecular weight is 352 g/mol. The molecule has 1 amide bonds. The summed E-state index contributed by atoms with van der Waals surface area (Å²) in [6.07, 6.45) is 3.87. The fraction of sp³-hybridized carbons (Fsp3) is 0.435. The van der Waals surface area contributed by atoms with Crippen LogP contribution >= 0.6 is 0 Å². The fourth-order valence-electron chi connectivity index (χ4n) is 3.92. The molecule has 0 saturated carbocycles. The molecule has 3 rings (SSSR count). The monoisotopic (exact) mass is 351 g/mol. The summed E-state index contributed by atoms with van der Waals surface area (Å²) in [6, 6.07) is 19.5. The van der Waals surface area contributed by atoms with Crippen LogP contribution in [0.5, 0.6) is 0 Å². The molecular weight excluding hydrogens is 320 g/mol. The number of aryl methyl sites for hydroxylation is 1. The van der Waals surface area contributed by atoms with Gasteiger partial charge in [-0.1, -0.05) is 55.0 Å². The SMILES string of the molecule is CCC(=O)N(c1ccc(C)cc1)C1CC[NH+](CCc2ccccc2)CC1. The van der Waals surface area contributed by atoms with Gasteiger partial charge in [-0.3, -0.25) is 4.79 Å². The smallest absolute Gasteiger partial charge is 0.226 e. The van der Waals surface area contributed by atoms with Crippen molar-refractivity contribution < 1.29 is 9.69 Å². The highest BCUT2D eigenvalue weighted by atomic mass is 16.2. The van der Waals surface area contributed by atoms with E-state index in [1.807, 2.05) is 6.92 Å². The maximum atomic E-state index is 12.6. The minimum Gasteiger partial charge on any atom is -0.335 e. The highest BCUT2D eigenvalue weighted by Crippen LogP contribution is 2.22. The van der Waals surface area contributed by atoms with E-state index in [2.05, 4.69) is 66.4 Å². The van der Waals surface area contributed by atoms with E-state index in [-0.39, 0.29) is 5.91 Å². The summed E-state index contributed by atoms with van der Waals surface area (Å²) < 4.78 is 0. The van der Waals surface area contributed by atoms with Crippen molar-refractivity contribution in [2.75, 3.05) is 24.5 Å². The predicted octanol–water partition coefficient (Wildman–Crippen LogP) is 3.03. The zero-order valence-corrected chi connectivity index (χ0v) is 16.1. The molecule has 138 valence electrons. The minimum atomic E-state index is 0.242. The maximum Gasteiger partial charge on any atom is 0.226 e. The van der Waals surface area contributed by atoms with E-state index in [4.69, 9.17) is 0 Å². The van der Waals surface area contributed by atoms with Gasteiger partial charge in [0, 0.05) is 37.4 Å². The van der Waals surface area contributed by atoms with Crippen LogP contribution in [0.3, 0.4) is 0 Å². The summed E-state index contributed by atoms with van der Waals surface area (Å²) in [7, 11) is 0. The summed E-state index contributed by atoms with van der Waals surface area (Å²) in [6.45, 7) is 7.53. The third-order valence-corrected chi connectivity index (χ3v) is 5.52. The van der Waals surface area contributed by atoms with E-state index < -0.39 is 0 Å². The second-order valence-electron chi connectivity index (χ2n) is 7.42. The zero-order valence-electron chi connectivity index (χ0n) is 16.1. The number of carbonyl (C=O) groups excluding carboxylic acids is 1. The van der Waals surface area contributed by atoms with E-state index in [1.54, 1.807) is 4.90 Å². The maximum absolute atomic E-state index is 12.6. The lowest BCUT2D eigenvalue weighted by molar-refractivity contribution is -0.904. The van der Waals surface area contributed by atoms with E-state index in [9.17, 15) is 4.79 Å². The molecule has 3 heteroatoms. The first-order valence-corrected chi connectivity index (χ1v) is 9.93. The van der Waals surface area contributed by atoms with Crippen LogP contribution in [-0.2, 0) is 11.2 Å². The molecule has 0 aromatic heterocycles. The molecule has 1 saturated heterocycles. The van der Waals surface area contributed by atoms with Crippen LogP contribution in [-0.4, -0.2) is 31.6 Å². The molecule has 0 atom stereocenters. The lowest BCUT2D eigenvalue weighted by atomic mass is 10.0. The number of rotatable bonds is 6. The number of anilines is 1. The largest absolute Gasteiger partial charge is 0.335 e. The Morgan fingerprint density at radius 1 is 1.04 bits per heavy atom. The molecule has 1 N–H and O–H groups in total. The van der Waals surface area contributed by atoms with Gasteiger partial charge in [0.05, 0.1) is 19.6 Å². The molecule has 0 aliphatic carbocycles. The molecule has 26 heavy (non-hydrogen) atoms. The molecule has 1 heterocycles. The number of amides is 1. The third-order valence-electron chi connectivity index (χ3n) is 5.52. The zero-order chi connectivity index (χ0) is 18.4. The van der Waals surface area contributed by atoms with E-state index >= 15 is 0 Å². The number of carbonyl (C=O) groups is 1. The second-order valence-corrected chi connectivity index (χ2v) is 7.42. The molecule has 0 bridgehead atoms. The van der Waals surface area contributed by atoms with Crippen molar-refractivity contribution in [1.29, 1.82) is 0 Å². The number of hydrogen-bond donors (Lipinski definition) is 1. The number of benzene rings is 2. The molecule has 2 aromatic carbocycles. The first-order valence-electron chi connectivity index (χ1n) is 9.93. The Kier molecular flexibility index (Phi) is 6.45. The van der Waals surface area contributed by atoms with Crippen LogP contribution in [0.2, 0.25) is 0 Å². The lowest BCUT2D eigenvalue weighted by Crippen LogP contribution is -3.13. The lowest BCUT2D eigenvalue weighted by Gasteiger charge is -2.37. The highest BCUT2D eigenvalue weighted by Gasteiger charge is 2.30. The first-order chi connectivity index (χ1) is 12.7. The number of nitrogens with zero attached hydrogens (tertiary/aromatic N) is 1. The Morgan fingerprint density at radius 3 is 2.31 bits per heavy atom. The number of nitrogens with one attached hydrogen (secondary N) is 1. The van der Waals surface area contributed by atoms with Gasteiger partial charge in [-0.2, -0.15) is 0 Å². The molecule has 1 aliphatic rings. The van der Waals surface area contributed by atoms with Gasteiger partial charge in [-0.15, -0.1) is 0 Å². The Balaban J connectivity index is 1.59. The van der Waals surface area contributed by atoms with Gasteiger partial charge in [0.25, 0.3) is 0 Å². The molecule has 1 fully saturated rings. The predicted molar refractivity (Wildman–Crippen MR) is 108 cm³/mol. The van der Waals surface area contributed by atoms with Crippen molar-refractivity contribution in [2.24, 2.45) is 0 Å². The van der Waals surface area contributed by atoms with E-state index in [0.717, 1.165) is 38.0 Å². The fourth-order valence-corrected chi connectivity index (χ4v) is 3.92. The average Bonchev–Trinajstić information content (AvgIpc) is 2.69. The van der Waals surface area contributed by atoms with Gasteiger partial charge >= 0.3 is 0 Å². The molecule has 1 aliphatic heterocycles. The van der Waals surface area contributed by atoms with Crippen molar-refractivity contribution >= 4 is 11.6 Å². The summed E-state index contributed by atoms with van der Waals surface area (Å²) in [5, 5.41) is 0. The number of quaternary nitrogens is 1. The van der Waals surface area contributed by atoms with Gasteiger partial charge in [0.2, 0.25) is 5.91 Å². The van der Waals surface area contributed by atoms with Gasteiger partial charge in [0.1, 0.15) is 0 Å². The molecule has 0 spiro atoms. The minimum absolute atomic E-state index is 0.242. The van der Waals surface area contributed by atoms with Crippen LogP contribution in [0, 0.1) is 6.92 Å². The summed E-state index contributed by atoms with van der Waals surface area (Å²) in [5.41, 5.74) is 3.71. The normalized spacial score (nSPS) is 19.9. The Labute approximate surface area is 157 Å². The molecule has 0 unspecified atom stereocenters. The van der Waals surface area contributed by atoms with Crippen molar-refractivity contribution in [1.82, 2.24) is 0 Å². The van der Waals surface area contributed by atoms with Gasteiger partial charge in [-0.25, -0.2) is 0 Å². The van der Waals surface area contributed by atoms with Crippen LogP contribution in [0.1, 0.15) is 37.3 Å². The Hall–Kier alpha value is -2.13. The second kappa shape index (κ2) is 9.00. The topological polar surface area (TPSA) is 24.8 Å². The highest BCUT2D eigenvalue weighted by molar-refractivity contribution is 5.93. The molecule has 0 radical (unpaired) electrons. The number of likely N-dealkylation sites (tertiary alicyclic amines) is 1. The Bertz CT molecular complexity index is 688. The van der Waals surface area contributed by atoms with Crippen LogP contribution < -0.4 is 9.80 Å². The standard InChI is InChI=1S/C23H30N2O/c1-3-23(26)25(21-11-9-19(2)10-12-21)22-14-17-24(18-15-22)16-13-20-7-5-4-6-8-20/h4-12,22H,3,13-18H2,1-2H3/p+1. The van der Waals surface area contributed by atoms with Crippen molar-refractivity contribution in [3.8, 4) is 0 Å². The number of hydrogen-bond acceptors (Lipinski definition) is 1. The van der Waals surface area contributed by atoms with Gasteiger partial charge in [0.15, 0.2) is 0 Å². The first kappa shape index (κ1) is 18.7. The van der Waals surface area contributed by atoms with Gasteiger partial charge < -0.3 is 9.80 Å².